The van der Waals surface area contributed by atoms with Crippen LogP contribution < -0.4 is 11.0 Å². The van der Waals surface area contributed by atoms with E-state index in [1.807, 2.05) is 13.8 Å². The first-order valence-corrected chi connectivity index (χ1v) is 7.30. The lowest BCUT2D eigenvalue weighted by atomic mass is 10.3. The maximum Gasteiger partial charge on any atom is 0.348 e. The van der Waals surface area contributed by atoms with Crippen LogP contribution in [0.15, 0.2) is 9.27 Å². The number of aromatic nitrogens is 2. The molecule has 0 unspecified atom stereocenters. The normalized spacial score (nSPS) is 10.9. The van der Waals surface area contributed by atoms with E-state index in [-0.39, 0.29) is 5.69 Å². The van der Waals surface area contributed by atoms with Crippen LogP contribution in [-0.4, -0.2) is 36.4 Å². The molecular formula is C13H22BrN3O2. The second kappa shape index (κ2) is 8.45. The van der Waals surface area contributed by atoms with Crippen molar-refractivity contribution in [3.63, 3.8) is 0 Å². The number of ether oxygens (including phenoxy) is 1. The maximum atomic E-state index is 11.8. The first-order chi connectivity index (χ1) is 9.07. The third-order valence-electron chi connectivity index (χ3n) is 3.00. The molecule has 108 valence electrons. The van der Waals surface area contributed by atoms with Crippen molar-refractivity contribution in [2.75, 3.05) is 26.8 Å². The first kappa shape index (κ1) is 16.3. The minimum absolute atomic E-state index is 0.162. The van der Waals surface area contributed by atoms with Gasteiger partial charge in [-0.15, -0.1) is 0 Å². The molecule has 6 heteroatoms. The summed E-state index contributed by atoms with van der Waals surface area (Å²) in [6.45, 7) is 7.03. The van der Waals surface area contributed by atoms with Crippen molar-refractivity contribution in [3.05, 3.63) is 26.3 Å². The van der Waals surface area contributed by atoms with E-state index in [1.165, 1.54) is 0 Å². The van der Waals surface area contributed by atoms with Gasteiger partial charge in [0, 0.05) is 25.9 Å². The molecule has 1 heterocycles. The van der Waals surface area contributed by atoms with Gasteiger partial charge in [0.15, 0.2) is 0 Å². The molecular weight excluding hydrogens is 310 g/mol. The van der Waals surface area contributed by atoms with Crippen LogP contribution in [0.5, 0.6) is 0 Å². The van der Waals surface area contributed by atoms with E-state index in [0.717, 1.165) is 48.4 Å². The fraction of sp³-hybridized carbons (Fsp3) is 0.692. The molecule has 1 N–H and O–H groups in total. The molecule has 0 saturated heterocycles. The van der Waals surface area contributed by atoms with Crippen LogP contribution in [-0.2, 0) is 11.3 Å². The molecule has 0 aliphatic rings. The van der Waals surface area contributed by atoms with Crippen molar-refractivity contribution >= 4 is 15.9 Å². The summed E-state index contributed by atoms with van der Waals surface area (Å²) in [5.74, 6) is 0. The summed E-state index contributed by atoms with van der Waals surface area (Å²) in [4.78, 5) is 15.8. The molecule has 0 fully saturated rings. The predicted molar refractivity (Wildman–Crippen MR) is 79.7 cm³/mol. The van der Waals surface area contributed by atoms with Gasteiger partial charge in [0.05, 0.1) is 16.8 Å². The molecule has 0 bridgehead atoms. The van der Waals surface area contributed by atoms with Gasteiger partial charge in [-0.05, 0) is 49.2 Å². The molecule has 19 heavy (non-hydrogen) atoms. The highest BCUT2D eigenvalue weighted by Crippen LogP contribution is 2.16. The number of methoxy groups -OCH3 is 1. The Morgan fingerprint density at radius 3 is 2.74 bits per heavy atom. The Hall–Kier alpha value is -0.720. The van der Waals surface area contributed by atoms with Crippen molar-refractivity contribution < 1.29 is 4.74 Å². The van der Waals surface area contributed by atoms with Crippen LogP contribution in [0.3, 0.4) is 0 Å². The van der Waals surface area contributed by atoms with Gasteiger partial charge in [-0.1, -0.05) is 0 Å². The van der Waals surface area contributed by atoms with Gasteiger partial charge in [0.2, 0.25) is 0 Å². The minimum atomic E-state index is -0.162. The summed E-state index contributed by atoms with van der Waals surface area (Å²) in [6, 6.07) is 0. The number of rotatable bonds is 8. The SMILES string of the molecule is COCCNCCCCn1c(C)c(Br)c(C)nc1=O. The van der Waals surface area contributed by atoms with Crippen LogP contribution in [0.25, 0.3) is 0 Å². The molecule has 0 saturated carbocycles. The smallest absolute Gasteiger partial charge is 0.348 e. The van der Waals surface area contributed by atoms with Gasteiger partial charge in [-0.3, -0.25) is 4.57 Å². The van der Waals surface area contributed by atoms with Gasteiger partial charge in [0.25, 0.3) is 0 Å². The Bertz CT molecular complexity index is 460. The van der Waals surface area contributed by atoms with E-state index in [4.69, 9.17) is 4.74 Å². The van der Waals surface area contributed by atoms with Crippen molar-refractivity contribution in [3.8, 4) is 0 Å². The molecule has 1 rings (SSSR count). The van der Waals surface area contributed by atoms with E-state index < -0.39 is 0 Å². The molecule has 0 aliphatic carbocycles. The highest BCUT2D eigenvalue weighted by molar-refractivity contribution is 9.10. The van der Waals surface area contributed by atoms with Crippen LogP contribution in [0.1, 0.15) is 24.2 Å². The van der Waals surface area contributed by atoms with Crippen LogP contribution in [0.2, 0.25) is 0 Å². The van der Waals surface area contributed by atoms with Crippen LogP contribution in [0.4, 0.5) is 0 Å². The first-order valence-electron chi connectivity index (χ1n) is 6.51. The lowest BCUT2D eigenvalue weighted by Gasteiger charge is -2.12. The molecule has 0 spiro atoms. The standard InChI is InChI=1S/C13H22BrN3O2/c1-10-12(14)11(2)17(13(18)16-10)8-5-4-6-15-7-9-19-3/h15H,4-9H2,1-3H3. The van der Waals surface area contributed by atoms with E-state index in [1.54, 1.807) is 11.7 Å². The Kier molecular flexibility index (Phi) is 7.27. The van der Waals surface area contributed by atoms with Gasteiger partial charge >= 0.3 is 5.69 Å². The van der Waals surface area contributed by atoms with E-state index in [9.17, 15) is 4.79 Å². The number of unbranched alkanes of at least 4 members (excludes halogenated alkanes) is 1. The minimum Gasteiger partial charge on any atom is -0.383 e. The number of hydrogen-bond donors (Lipinski definition) is 1. The summed E-state index contributed by atoms with van der Waals surface area (Å²) in [7, 11) is 1.69. The number of aryl methyl sites for hydroxylation is 1. The van der Waals surface area contributed by atoms with Gasteiger partial charge in [-0.2, -0.15) is 4.98 Å². The number of nitrogens with zero attached hydrogens (tertiary/aromatic N) is 2. The zero-order chi connectivity index (χ0) is 14.3. The molecule has 0 radical (unpaired) electrons. The second-order valence-electron chi connectivity index (χ2n) is 4.48. The average Bonchev–Trinajstić information content (AvgIpc) is 2.38. The fourth-order valence-corrected chi connectivity index (χ4v) is 2.16. The van der Waals surface area contributed by atoms with Gasteiger partial charge in [0.1, 0.15) is 0 Å². The third-order valence-corrected chi connectivity index (χ3v) is 4.15. The predicted octanol–water partition coefficient (Wildman–Crippen LogP) is 1.64. The monoisotopic (exact) mass is 331 g/mol. The fourth-order valence-electron chi connectivity index (χ4n) is 1.86. The Labute approximate surface area is 122 Å². The van der Waals surface area contributed by atoms with E-state index in [0.29, 0.717) is 6.54 Å². The van der Waals surface area contributed by atoms with E-state index in [2.05, 4.69) is 26.2 Å². The Morgan fingerprint density at radius 2 is 2.05 bits per heavy atom. The number of hydrogen-bond acceptors (Lipinski definition) is 4. The largest absolute Gasteiger partial charge is 0.383 e. The van der Waals surface area contributed by atoms with Crippen molar-refractivity contribution in [2.45, 2.75) is 33.2 Å². The number of halogens is 1. The topological polar surface area (TPSA) is 56.1 Å². The molecule has 5 nitrogen and oxygen atoms in total. The van der Waals surface area contributed by atoms with Crippen LogP contribution >= 0.6 is 15.9 Å². The summed E-state index contributed by atoms with van der Waals surface area (Å²) in [5.41, 5.74) is 1.54. The van der Waals surface area contributed by atoms with Crippen molar-refractivity contribution in [1.29, 1.82) is 0 Å². The van der Waals surface area contributed by atoms with Crippen molar-refractivity contribution in [1.82, 2.24) is 14.9 Å². The van der Waals surface area contributed by atoms with Gasteiger partial charge < -0.3 is 10.1 Å². The highest BCUT2D eigenvalue weighted by Gasteiger charge is 2.08. The lowest BCUT2D eigenvalue weighted by Crippen LogP contribution is -2.27. The second-order valence-corrected chi connectivity index (χ2v) is 5.27. The van der Waals surface area contributed by atoms with E-state index >= 15 is 0 Å². The molecule has 1 aromatic heterocycles. The summed E-state index contributed by atoms with van der Waals surface area (Å²) in [6.07, 6.45) is 1.99. The van der Waals surface area contributed by atoms with Crippen LogP contribution in [0, 0.1) is 13.8 Å². The van der Waals surface area contributed by atoms with Gasteiger partial charge in [-0.25, -0.2) is 4.79 Å². The molecule has 1 aromatic rings. The Morgan fingerprint density at radius 1 is 1.32 bits per heavy atom. The third kappa shape index (κ3) is 5.04. The molecule has 0 aliphatic heterocycles. The Balaban J connectivity index is 2.42. The summed E-state index contributed by atoms with van der Waals surface area (Å²) < 4.78 is 7.60. The average molecular weight is 332 g/mol. The quantitative estimate of drug-likeness (QED) is 0.736. The zero-order valence-corrected chi connectivity index (χ0v) is 13.4. The number of nitrogens with one attached hydrogen (secondary N) is 1. The highest BCUT2D eigenvalue weighted by atomic mass is 79.9. The summed E-state index contributed by atoms with van der Waals surface area (Å²) >= 11 is 3.47. The summed E-state index contributed by atoms with van der Waals surface area (Å²) in [5, 5.41) is 3.29. The maximum absolute atomic E-state index is 11.8. The molecule has 0 atom stereocenters. The molecule has 0 aromatic carbocycles. The zero-order valence-electron chi connectivity index (χ0n) is 11.8. The molecule has 0 amide bonds. The van der Waals surface area contributed by atoms with Crippen molar-refractivity contribution in [2.24, 2.45) is 0 Å². The lowest BCUT2D eigenvalue weighted by molar-refractivity contribution is 0.199.